The molecule has 0 aromatic carbocycles. The summed E-state index contributed by atoms with van der Waals surface area (Å²) in [4.78, 5) is 22.5. The minimum absolute atomic E-state index is 0.153. The molecule has 1 amide bonds. The van der Waals surface area contributed by atoms with Gasteiger partial charge >= 0.3 is 0 Å². The molecule has 2 aliphatic heterocycles. The van der Waals surface area contributed by atoms with Gasteiger partial charge in [0.05, 0.1) is 0 Å². The number of likely N-dealkylation sites (tertiary alicyclic amines) is 1. The van der Waals surface area contributed by atoms with E-state index in [4.69, 9.17) is 0 Å². The van der Waals surface area contributed by atoms with Gasteiger partial charge < -0.3 is 15.5 Å². The molecule has 1 fully saturated rings. The molecule has 150 valence electrons. The highest BCUT2D eigenvalue weighted by Gasteiger charge is 2.25. The number of rotatable bonds is 5. The number of carbonyl (C=O) groups excluding carboxylic acids is 1. The molecule has 0 bridgehead atoms. The van der Waals surface area contributed by atoms with E-state index >= 15 is 0 Å². The maximum absolute atomic E-state index is 11.6. The molecule has 2 aliphatic rings. The first-order valence-electron chi connectivity index (χ1n) is 10.1. The molecule has 1 saturated heterocycles. The summed E-state index contributed by atoms with van der Waals surface area (Å²) in [5.74, 6) is 1.64. The number of nitrogens with zero attached hydrogens (tertiary/aromatic N) is 3. The van der Waals surface area contributed by atoms with Gasteiger partial charge in [-0.15, -0.1) is 11.3 Å². The monoisotopic (exact) mass is 391 g/mol. The highest BCUT2D eigenvalue weighted by molar-refractivity contribution is 7.10. The Morgan fingerprint density at radius 2 is 2.15 bits per heavy atom. The van der Waals surface area contributed by atoms with Crippen molar-refractivity contribution in [2.45, 2.75) is 45.2 Å². The molecule has 0 spiro atoms. The van der Waals surface area contributed by atoms with E-state index in [1.54, 1.807) is 11.9 Å². The second-order valence-corrected chi connectivity index (χ2v) is 8.68. The Bertz CT molecular complexity index is 651. The standard InChI is InChI=1S/C20H33N5OS/c1-15(25-10-6-18-17(14-25)7-11-27-18)13-23-20(22-3)24-8-4-16(5-9-24)12-19(26)21-2/h7,11,15-16H,4-6,8-10,12-14H2,1-3H3,(H,21,26)(H,22,23). The highest BCUT2D eigenvalue weighted by Crippen LogP contribution is 2.25. The second-order valence-electron chi connectivity index (χ2n) is 7.67. The maximum atomic E-state index is 11.6. The van der Waals surface area contributed by atoms with Gasteiger partial charge in [-0.1, -0.05) is 0 Å². The van der Waals surface area contributed by atoms with Crippen LogP contribution in [0.25, 0.3) is 0 Å². The van der Waals surface area contributed by atoms with Crippen molar-refractivity contribution >= 4 is 23.2 Å². The Hall–Kier alpha value is -1.60. The zero-order chi connectivity index (χ0) is 19.2. The normalized spacial score (nSPS) is 20.3. The molecule has 7 heteroatoms. The number of carbonyl (C=O) groups is 1. The average Bonchev–Trinajstić information content (AvgIpc) is 3.17. The van der Waals surface area contributed by atoms with E-state index in [-0.39, 0.29) is 5.91 Å². The predicted octanol–water partition coefficient (Wildman–Crippen LogP) is 1.92. The van der Waals surface area contributed by atoms with E-state index in [0.29, 0.717) is 18.4 Å². The molecule has 1 aromatic heterocycles. The fraction of sp³-hybridized carbons (Fsp3) is 0.700. The fourth-order valence-corrected chi connectivity index (χ4v) is 4.95. The lowest BCUT2D eigenvalue weighted by molar-refractivity contribution is -0.121. The molecule has 6 nitrogen and oxygen atoms in total. The van der Waals surface area contributed by atoms with Gasteiger partial charge in [-0.3, -0.25) is 14.7 Å². The number of piperidine rings is 1. The third kappa shape index (κ3) is 5.23. The van der Waals surface area contributed by atoms with Crippen LogP contribution in [-0.4, -0.2) is 68.0 Å². The molecule has 3 rings (SSSR count). The molecular weight excluding hydrogens is 358 g/mol. The number of fused-ring (bicyclic) bond motifs is 1. The van der Waals surface area contributed by atoms with Gasteiger partial charge in [0.15, 0.2) is 5.96 Å². The van der Waals surface area contributed by atoms with Crippen molar-refractivity contribution in [2.24, 2.45) is 10.9 Å². The van der Waals surface area contributed by atoms with Gasteiger partial charge in [-0.05, 0) is 49.1 Å². The molecular formula is C20H33N5OS. The number of hydrogen-bond acceptors (Lipinski definition) is 4. The van der Waals surface area contributed by atoms with Crippen LogP contribution in [0.5, 0.6) is 0 Å². The van der Waals surface area contributed by atoms with E-state index in [1.807, 2.05) is 18.4 Å². The van der Waals surface area contributed by atoms with E-state index in [1.165, 1.54) is 12.0 Å². The summed E-state index contributed by atoms with van der Waals surface area (Å²) in [6, 6.07) is 2.74. The summed E-state index contributed by atoms with van der Waals surface area (Å²) < 4.78 is 0. The molecule has 27 heavy (non-hydrogen) atoms. The van der Waals surface area contributed by atoms with Crippen LogP contribution in [0, 0.1) is 5.92 Å². The minimum Gasteiger partial charge on any atom is -0.359 e. The Kier molecular flexibility index (Phi) is 7.13. The van der Waals surface area contributed by atoms with E-state index < -0.39 is 0 Å². The highest BCUT2D eigenvalue weighted by atomic mass is 32.1. The zero-order valence-corrected chi connectivity index (χ0v) is 17.6. The predicted molar refractivity (Wildman–Crippen MR) is 112 cm³/mol. The first-order chi connectivity index (χ1) is 13.1. The largest absolute Gasteiger partial charge is 0.359 e. The van der Waals surface area contributed by atoms with Crippen LogP contribution in [0.4, 0.5) is 0 Å². The number of nitrogens with one attached hydrogen (secondary N) is 2. The molecule has 1 unspecified atom stereocenters. The van der Waals surface area contributed by atoms with Gasteiger partial charge in [-0.2, -0.15) is 0 Å². The van der Waals surface area contributed by atoms with Crippen LogP contribution in [-0.2, 0) is 17.8 Å². The fourth-order valence-electron chi connectivity index (χ4n) is 4.06. The number of thiophene rings is 1. The summed E-state index contributed by atoms with van der Waals surface area (Å²) in [6.07, 6.45) is 3.92. The van der Waals surface area contributed by atoms with Crippen molar-refractivity contribution < 1.29 is 4.79 Å². The second kappa shape index (κ2) is 9.55. The number of aliphatic imine (C=N–C) groups is 1. The number of guanidine groups is 1. The van der Waals surface area contributed by atoms with Crippen LogP contribution in [0.1, 0.15) is 36.6 Å². The van der Waals surface area contributed by atoms with Crippen LogP contribution in [0.2, 0.25) is 0 Å². The molecule has 0 radical (unpaired) electrons. The van der Waals surface area contributed by atoms with Crippen molar-refractivity contribution in [1.29, 1.82) is 0 Å². The maximum Gasteiger partial charge on any atom is 0.220 e. The number of hydrogen-bond donors (Lipinski definition) is 2. The van der Waals surface area contributed by atoms with Gasteiger partial charge in [0.2, 0.25) is 5.91 Å². The first kappa shape index (κ1) is 20.1. The van der Waals surface area contributed by atoms with Crippen LogP contribution < -0.4 is 10.6 Å². The summed E-state index contributed by atoms with van der Waals surface area (Å²) in [7, 11) is 3.58. The lowest BCUT2D eigenvalue weighted by Crippen LogP contribution is -2.50. The Labute approximate surface area is 167 Å². The van der Waals surface area contributed by atoms with Crippen molar-refractivity contribution in [3.05, 3.63) is 21.9 Å². The Balaban J connectivity index is 1.44. The topological polar surface area (TPSA) is 60.0 Å². The van der Waals surface area contributed by atoms with E-state index in [2.05, 4.69) is 43.8 Å². The van der Waals surface area contributed by atoms with Gasteiger partial charge in [0.1, 0.15) is 0 Å². The SMILES string of the molecule is CN=C(NCC(C)N1CCc2sccc2C1)N1CCC(CC(=O)NC)CC1. The summed E-state index contributed by atoms with van der Waals surface area (Å²) in [6.45, 7) is 7.35. The third-order valence-electron chi connectivity index (χ3n) is 5.89. The lowest BCUT2D eigenvalue weighted by atomic mass is 9.93. The van der Waals surface area contributed by atoms with Crippen LogP contribution in [0.15, 0.2) is 16.4 Å². The third-order valence-corrected chi connectivity index (χ3v) is 6.92. The molecule has 1 atom stereocenters. The van der Waals surface area contributed by atoms with Crippen molar-refractivity contribution in [1.82, 2.24) is 20.4 Å². The van der Waals surface area contributed by atoms with Crippen LogP contribution >= 0.6 is 11.3 Å². The minimum atomic E-state index is 0.153. The average molecular weight is 392 g/mol. The molecule has 2 N–H and O–H groups in total. The summed E-state index contributed by atoms with van der Waals surface area (Å²) >= 11 is 1.89. The van der Waals surface area contributed by atoms with E-state index in [0.717, 1.165) is 51.5 Å². The van der Waals surface area contributed by atoms with Gasteiger partial charge in [0, 0.05) is 64.2 Å². The summed E-state index contributed by atoms with van der Waals surface area (Å²) in [5, 5.41) is 8.53. The van der Waals surface area contributed by atoms with Crippen molar-refractivity contribution in [2.75, 3.05) is 40.3 Å². The number of amides is 1. The van der Waals surface area contributed by atoms with Gasteiger partial charge in [-0.25, -0.2) is 0 Å². The smallest absolute Gasteiger partial charge is 0.220 e. The first-order valence-corrected chi connectivity index (χ1v) is 10.9. The Morgan fingerprint density at radius 3 is 2.85 bits per heavy atom. The van der Waals surface area contributed by atoms with Crippen LogP contribution in [0.3, 0.4) is 0 Å². The van der Waals surface area contributed by atoms with Crippen molar-refractivity contribution in [3.8, 4) is 0 Å². The van der Waals surface area contributed by atoms with Crippen molar-refractivity contribution in [3.63, 3.8) is 0 Å². The lowest BCUT2D eigenvalue weighted by Gasteiger charge is -2.36. The van der Waals surface area contributed by atoms with E-state index in [9.17, 15) is 4.79 Å². The molecule has 0 saturated carbocycles. The molecule has 3 heterocycles. The molecule has 1 aromatic rings. The zero-order valence-electron chi connectivity index (χ0n) is 16.8. The summed E-state index contributed by atoms with van der Waals surface area (Å²) in [5.41, 5.74) is 1.50. The quantitative estimate of drug-likeness (QED) is 0.595. The Morgan fingerprint density at radius 1 is 1.37 bits per heavy atom. The molecule has 0 aliphatic carbocycles. The van der Waals surface area contributed by atoms with Gasteiger partial charge in [0.25, 0.3) is 0 Å².